The predicted molar refractivity (Wildman–Crippen MR) is 64.2 cm³/mol. The summed E-state index contributed by atoms with van der Waals surface area (Å²) in [6.07, 6.45) is 5.53. The molecule has 2 rings (SSSR count). The van der Waals surface area contributed by atoms with E-state index in [2.05, 4.69) is 41.3 Å². The molecule has 0 spiro atoms. The summed E-state index contributed by atoms with van der Waals surface area (Å²) in [5, 5.41) is 3.34. The molecule has 0 aliphatic carbocycles. The van der Waals surface area contributed by atoms with E-state index in [0.29, 0.717) is 0 Å². The van der Waals surface area contributed by atoms with Crippen LogP contribution in [-0.2, 0) is 0 Å². The molecule has 1 N–H and O–H groups in total. The molecule has 0 unspecified atom stereocenters. The molecule has 0 amide bonds. The van der Waals surface area contributed by atoms with E-state index in [1.807, 2.05) is 0 Å². The van der Waals surface area contributed by atoms with Crippen molar-refractivity contribution in [2.75, 3.05) is 31.1 Å². The Balaban J connectivity index is 2.30. The van der Waals surface area contributed by atoms with E-state index in [0.717, 1.165) is 31.7 Å². The van der Waals surface area contributed by atoms with Gasteiger partial charge in [-0.2, -0.15) is 0 Å². The number of nitrogens with zero attached hydrogens (tertiary/aromatic N) is 1. The molecule has 15 heavy (non-hydrogen) atoms. The van der Waals surface area contributed by atoms with Gasteiger partial charge in [0.2, 0.25) is 0 Å². The highest BCUT2D eigenvalue weighted by atomic mass is 15.2. The van der Waals surface area contributed by atoms with Crippen molar-refractivity contribution in [3.8, 4) is 12.3 Å². The monoisotopic (exact) mass is 200 g/mol. The highest BCUT2D eigenvalue weighted by Crippen LogP contribution is 2.21. The molecular weight excluding hydrogens is 184 g/mol. The number of anilines is 1. The Labute approximate surface area is 91.3 Å². The van der Waals surface area contributed by atoms with Crippen molar-refractivity contribution in [1.82, 2.24) is 5.32 Å². The quantitative estimate of drug-likeness (QED) is 0.689. The second-order valence-electron chi connectivity index (χ2n) is 3.90. The van der Waals surface area contributed by atoms with Crippen LogP contribution in [0.5, 0.6) is 0 Å². The van der Waals surface area contributed by atoms with Crippen molar-refractivity contribution >= 4 is 5.69 Å². The summed E-state index contributed by atoms with van der Waals surface area (Å²) in [4.78, 5) is 2.35. The Bertz CT molecular complexity index is 384. The third-order valence-corrected chi connectivity index (χ3v) is 2.77. The first-order valence-electron chi connectivity index (χ1n) is 5.34. The van der Waals surface area contributed by atoms with E-state index >= 15 is 0 Å². The van der Waals surface area contributed by atoms with E-state index < -0.39 is 0 Å². The number of hydrogen-bond acceptors (Lipinski definition) is 2. The van der Waals surface area contributed by atoms with Crippen LogP contribution < -0.4 is 10.2 Å². The Morgan fingerprint density at radius 2 is 2.07 bits per heavy atom. The van der Waals surface area contributed by atoms with Crippen molar-refractivity contribution in [1.29, 1.82) is 0 Å². The van der Waals surface area contributed by atoms with Gasteiger partial charge in [-0.3, -0.25) is 0 Å². The molecule has 1 aliphatic heterocycles. The molecule has 1 fully saturated rings. The molecule has 0 atom stereocenters. The number of rotatable bonds is 1. The number of aryl methyl sites for hydroxylation is 1. The lowest BCUT2D eigenvalue weighted by molar-refractivity contribution is 0.589. The standard InChI is InChI=1S/C13H16N2/c1-3-12-10-11(2)4-5-13(12)15-8-6-14-7-9-15/h1,4-5,10,14H,6-9H2,2H3. The topological polar surface area (TPSA) is 15.3 Å². The molecule has 1 aliphatic rings. The summed E-state index contributed by atoms with van der Waals surface area (Å²) in [5.74, 6) is 2.77. The van der Waals surface area contributed by atoms with Crippen LogP contribution in [0, 0.1) is 19.3 Å². The first-order chi connectivity index (χ1) is 7.31. The zero-order valence-electron chi connectivity index (χ0n) is 9.09. The number of benzene rings is 1. The number of terminal acetylenes is 1. The summed E-state index contributed by atoms with van der Waals surface area (Å²) >= 11 is 0. The zero-order valence-corrected chi connectivity index (χ0v) is 9.09. The molecule has 1 saturated heterocycles. The van der Waals surface area contributed by atoms with Gasteiger partial charge < -0.3 is 10.2 Å². The normalized spacial score (nSPS) is 16.1. The van der Waals surface area contributed by atoms with Gasteiger partial charge in [-0.1, -0.05) is 12.0 Å². The maximum Gasteiger partial charge on any atom is 0.0526 e. The van der Waals surface area contributed by atoms with Gasteiger partial charge >= 0.3 is 0 Å². The van der Waals surface area contributed by atoms with Crippen LogP contribution in [0.3, 0.4) is 0 Å². The molecule has 0 radical (unpaired) electrons. The van der Waals surface area contributed by atoms with E-state index in [1.165, 1.54) is 11.3 Å². The minimum absolute atomic E-state index is 1.01. The van der Waals surface area contributed by atoms with Crippen molar-refractivity contribution in [3.05, 3.63) is 29.3 Å². The lowest BCUT2D eigenvalue weighted by atomic mass is 10.1. The van der Waals surface area contributed by atoms with Crippen LogP contribution in [0.1, 0.15) is 11.1 Å². The van der Waals surface area contributed by atoms with Gasteiger partial charge in [0.15, 0.2) is 0 Å². The fraction of sp³-hybridized carbons (Fsp3) is 0.385. The molecule has 1 aromatic rings. The fourth-order valence-corrected chi connectivity index (χ4v) is 1.95. The Kier molecular flexibility index (Phi) is 2.94. The van der Waals surface area contributed by atoms with Crippen molar-refractivity contribution < 1.29 is 0 Å². The smallest absolute Gasteiger partial charge is 0.0526 e. The van der Waals surface area contributed by atoms with E-state index in [-0.39, 0.29) is 0 Å². The number of nitrogens with one attached hydrogen (secondary N) is 1. The molecule has 78 valence electrons. The average Bonchev–Trinajstić information content (AvgIpc) is 2.30. The molecule has 1 heterocycles. The van der Waals surface area contributed by atoms with Gasteiger partial charge in [0.25, 0.3) is 0 Å². The third-order valence-electron chi connectivity index (χ3n) is 2.77. The Morgan fingerprint density at radius 1 is 1.33 bits per heavy atom. The van der Waals surface area contributed by atoms with Crippen LogP contribution in [0.15, 0.2) is 18.2 Å². The molecule has 0 aromatic heterocycles. The van der Waals surface area contributed by atoms with Gasteiger partial charge in [0, 0.05) is 31.7 Å². The van der Waals surface area contributed by atoms with Crippen molar-refractivity contribution in [3.63, 3.8) is 0 Å². The lowest BCUT2D eigenvalue weighted by Gasteiger charge is -2.30. The molecular formula is C13H16N2. The summed E-state index contributed by atoms with van der Waals surface area (Å²) in [7, 11) is 0. The summed E-state index contributed by atoms with van der Waals surface area (Å²) in [6, 6.07) is 6.34. The van der Waals surface area contributed by atoms with Gasteiger partial charge in [0.1, 0.15) is 0 Å². The molecule has 0 bridgehead atoms. The lowest BCUT2D eigenvalue weighted by Crippen LogP contribution is -2.43. The summed E-state index contributed by atoms with van der Waals surface area (Å²) < 4.78 is 0. The molecule has 2 heteroatoms. The first kappa shape index (κ1) is 10.1. The Morgan fingerprint density at radius 3 is 2.73 bits per heavy atom. The highest BCUT2D eigenvalue weighted by Gasteiger charge is 2.12. The van der Waals surface area contributed by atoms with Crippen LogP contribution in [0.4, 0.5) is 5.69 Å². The average molecular weight is 200 g/mol. The predicted octanol–water partition coefficient (Wildman–Crippen LogP) is 1.39. The minimum Gasteiger partial charge on any atom is -0.368 e. The van der Waals surface area contributed by atoms with E-state index in [4.69, 9.17) is 6.42 Å². The van der Waals surface area contributed by atoms with Crippen molar-refractivity contribution in [2.45, 2.75) is 6.92 Å². The second kappa shape index (κ2) is 4.37. The van der Waals surface area contributed by atoms with Gasteiger partial charge in [-0.05, 0) is 24.6 Å². The third kappa shape index (κ3) is 2.14. The number of hydrogen-bond donors (Lipinski definition) is 1. The van der Waals surface area contributed by atoms with Crippen LogP contribution >= 0.6 is 0 Å². The van der Waals surface area contributed by atoms with Crippen LogP contribution in [0.25, 0.3) is 0 Å². The largest absolute Gasteiger partial charge is 0.368 e. The maximum atomic E-state index is 5.53. The molecule has 2 nitrogen and oxygen atoms in total. The summed E-state index contributed by atoms with van der Waals surface area (Å²) in [6.45, 7) is 6.23. The Hall–Kier alpha value is -1.46. The molecule has 1 aromatic carbocycles. The van der Waals surface area contributed by atoms with Gasteiger partial charge in [-0.15, -0.1) is 6.42 Å². The van der Waals surface area contributed by atoms with Crippen LogP contribution in [-0.4, -0.2) is 26.2 Å². The second-order valence-corrected chi connectivity index (χ2v) is 3.90. The zero-order chi connectivity index (χ0) is 10.7. The summed E-state index contributed by atoms with van der Waals surface area (Å²) in [5.41, 5.74) is 3.43. The van der Waals surface area contributed by atoms with Crippen LogP contribution in [0.2, 0.25) is 0 Å². The van der Waals surface area contributed by atoms with Gasteiger partial charge in [-0.25, -0.2) is 0 Å². The molecule has 0 saturated carbocycles. The van der Waals surface area contributed by atoms with Crippen molar-refractivity contribution in [2.24, 2.45) is 0 Å². The fourth-order valence-electron chi connectivity index (χ4n) is 1.95. The number of piperazine rings is 1. The minimum atomic E-state index is 1.01. The SMILES string of the molecule is C#Cc1cc(C)ccc1N1CCNCC1. The van der Waals surface area contributed by atoms with Gasteiger partial charge in [0.05, 0.1) is 5.69 Å². The highest BCUT2D eigenvalue weighted by molar-refractivity contribution is 5.61. The van der Waals surface area contributed by atoms with E-state index in [9.17, 15) is 0 Å². The van der Waals surface area contributed by atoms with E-state index in [1.54, 1.807) is 0 Å². The maximum absolute atomic E-state index is 5.53. The first-order valence-corrected chi connectivity index (χ1v) is 5.34.